The number of hydrogen-bond donors (Lipinski definition) is 2. The van der Waals surface area contributed by atoms with Gasteiger partial charge in [-0.15, -0.1) is 0 Å². The third-order valence-electron chi connectivity index (χ3n) is 1.64. The minimum Gasteiger partial charge on any atom is -0.381 e. The van der Waals surface area contributed by atoms with Crippen LogP contribution in [-0.4, -0.2) is 23.3 Å². The van der Waals surface area contributed by atoms with Gasteiger partial charge in [-0.05, 0) is 35.8 Å². The van der Waals surface area contributed by atoms with Crippen molar-refractivity contribution in [2.24, 2.45) is 0 Å². The number of pyridine rings is 1. The van der Waals surface area contributed by atoms with Gasteiger partial charge in [0.1, 0.15) is 10.3 Å². The first-order valence-corrected chi connectivity index (χ1v) is 5.14. The van der Waals surface area contributed by atoms with E-state index in [0.29, 0.717) is 11.7 Å². The smallest absolute Gasteiger partial charge is 0.108 e. The molecule has 0 aliphatic carbocycles. The molecule has 78 valence electrons. The van der Waals surface area contributed by atoms with Crippen molar-refractivity contribution in [2.45, 2.75) is 19.9 Å². The lowest BCUT2D eigenvalue weighted by atomic mass is 10.3. The summed E-state index contributed by atoms with van der Waals surface area (Å²) in [5.41, 5.74) is 1.51. The largest absolute Gasteiger partial charge is 0.381 e. The third kappa shape index (κ3) is 2.85. The Morgan fingerprint density at radius 1 is 1.57 bits per heavy atom. The lowest BCUT2D eigenvalue weighted by Crippen LogP contribution is -2.16. The SMILES string of the molecule is CC(C)Nc1cc(Br)ncc1N(C)O. The first-order valence-electron chi connectivity index (χ1n) is 4.35. The molecular formula is C9H14BrN3O. The highest BCUT2D eigenvalue weighted by atomic mass is 79.9. The Labute approximate surface area is 92.0 Å². The summed E-state index contributed by atoms with van der Waals surface area (Å²) in [4.78, 5) is 4.04. The molecule has 0 atom stereocenters. The van der Waals surface area contributed by atoms with Gasteiger partial charge in [0.2, 0.25) is 0 Å². The molecule has 1 aromatic heterocycles. The normalized spacial score (nSPS) is 10.4. The Morgan fingerprint density at radius 3 is 2.71 bits per heavy atom. The van der Waals surface area contributed by atoms with Crippen LogP contribution < -0.4 is 10.4 Å². The van der Waals surface area contributed by atoms with Gasteiger partial charge in [-0.3, -0.25) is 10.3 Å². The van der Waals surface area contributed by atoms with Crippen molar-refractivity contribution in [1.29, 1.82) is 0 Å². The first kappa shape index (κ1) is 11.3. The molecule has 0 amide bonds. The van der Waals surface area contributed by atoms with Crippen LogP contribution >= 0.6 is 15.9 Å². The highest BCUT2D eigenvalue weighted by Gasteiger charge is 2.07. The summed E-state index contributed by atoms with van der Waals surface area (Å²) in [5, 5.41) is 13.6. The van der Waals surface area contributed by atoms with Crippen LogP contribution in [-0.2, 0) is 0 Å². The van der Waals surface area contributed by atoms with Crippen molar-refractivity contribution in [3.63, 3.8) is 0 Å². The van der Waals surface area contributed by atoms with Crippen LogP contribution in [0, 0.1) is 0 Å². The van der Waals surface area contributed by atoms with E-state index >= 15 is 0 Å². The highest BCUT2D eigenvalue weighted by Crippen LogP contribution is 2.26. The van der Waals surface area contributed by atoms with Crippen molar-refractivity contribution in [3.8, 4) is 0 Å². The molecule has 14 heavy (non-hydrogen) atoms. The summed E-state index contributed by atoms with van der Waals surface area (Å²) in [6, 6.07) is 2.14. The van der Waals surface area contributed by atoms with Gasteiger partial charge >= 0.3 is 0 Å². The fourth-order valence-electron chi connectivity index (χ4n) is 1.11. The Morgan fingerprint density at radius 2 is 2.21 bits per heavy atom. The van der Waals surface area contributed by atoms with E-state index in [1.165, 1.54) is 0 Å². The molecule has 0 bridgehead atoms. The molecule has 0 aliphatic heterocycles. The van der Waals surface area contributed by atoms with Gasteiger partial charge in [0, 0.05) is 13.1 Å². The first-order chi connectivity index (χ1) is 6.50. The molecule has 0 radical (unpaired) electrons. The van der Waals surface area contributed by atoms with Crippen LogP contribution in [0.4, 0.5) is 11.4 Å². The van der Waals surface area contributed by atoms with Gasteiger partial charge in [0.15, 0.2) is 0 Å². The van der Waals surface area contributed by atoms with Gasteiger partial charge in [-0.25, -0.2) is 4.98 Å². The average Bonchev–Trinajstić information content (AvgIpc) is 2.01. The predicted octanol–water partition coefficient (Wildman–Crippen LogP) is 2.49. The molecule has 4 nitrogen and oxygen atoms in total. The van der Waals surface area contributed by atoms with Crippen molar-refractivity contribution < 1.29 is 5.21 Å². The van der Waals surface area contributed by atoms with Crippen LogP contribution in [0.3, 0.4) is 0 Å². The van der Waals surface area contributed by atoms with Crippen LogP contribution in [0.1, 0.15) is 13.8 Å². The van der Waals surface area contributed by atoms with Gasteiger partial charge in [0.05, 0.1) is 11.9 Å². The maximum Gasteiger partial charge on any atom is 0.108 e. The number of anilines is 2. The van der Waals surface area contributed by atoms with E-state index in [2.05, 4.69) is 26.2 Å². The fourth-order valence-corrected chi connectivity index (χ4v) is 1.44. The van der Waals surface area contributed by atoms with Gasteiger partial charge in [-0.1, -0.05) is 0 Å². The van der Waals surface area contributed by atoms with E-state index in [9.17, 15) is 5.21 Å². The zero-order chi connectivity index (χ0) is 10.7. The molecule has 0 saturated carbocycles. The topological polar surface area (TPSA) is 48.4 Å². The van der Waals surface area contributed by atoms with E-state index in [4.69, 9.17) is 0 Å². The second-order valence-corrected chi connectivity index (χ2v) is 4.16. The van der Waals surface area contributed by atoms with Crippen LogP contribution in [0.15, 0.2) is 16.9 Å². The van der Waals surface area contributed by atoms with Gasteiger partial charge < -0.3 is 5.32 Å². The Balaban J connectivity index is 3.03. The zero-order valence-corrected chi connectivity index (χ0v) is 10.0. The van der Waals surface area contributed by atoms with E-state index in [1.807, 2.05) is 19.9 Å². The second-order valence-electron chi connectivity index (χ2n) is 3.35. The fraction of sp³-hybridized carbons (Fsp3) is 0.444. The van der Waals surface area contributed by atoms with E-state index < -0.39 is 0 Å². The molecule has 2 N–H and O–H groups in total. The van der Waals surface area contributed by atoms with E-state index in [-0.39, 0.29) is 0 Å². The molecule has 0 saturated heterocycles. The summed E-state index contributed by atoms with van der Waals surface area (Å²) in [6.45, 7) is 4.07. The number of nitrogens with one attached hydrogen (secondary N) is 1. The van der Waals surface area contributed by atoms with Crippen molar-refractivity contribution in [1.82, 2.24) is 4.98 Å². The monoisotopic (exact) mass is 259 g/mol. The quantitative estimate of drug-likeness (QED) is 0.647. The van der Waals surface area contributed by atoms with Crippen LogP contribution in [0.5, 0.6) is 0 Å². The number of hydrogen-bond acceptors (Lipinski definition) is 4. The van der Waals surface area contributed by atoms with E-state index in [1.54, 1.807) is 13.2 Å². The average molecular weight is 260 g/mol. The predicted molar refractivity (Wildman–Crippen MR) is 60.9 cm³/mol. The molecule has 0 aromatic carbocycles. The Hall–Kier alpha value is -0.810. The van der Waals surface area contributed by atoms with Crippen molar-refractivity contribution in [2.75, 3.05) is 17.4 Å². The van der Waals surface area contributed by atoms with E-state index in [0.717, 1.165) is 15.4 Å². The maximum absolute atomic E-state index is 9.35. The molecule has 1 rings (SSSR count). The molecule has 1 aromatic rings. The Bertz CT molecular complexity index is 315. The number of rotatable bonds is 3. The zero-order valence-electron chi connectivity index (χ0n) is 8.45. The van der Waals surface area contributed by atoms with Crippen molar-refractivity contribution in [3.05, 3.63) is 16.9 Å². The molecule has 0 unspecified atom stereocenters. The summed E-state index contributed by atoms with van der Waals surface area (Å²) in [7, 11) is 1.57. The van der Waals surface area contributed by atoms with Gasteiger partial charge in [-0.2, -0.15) is 0 Å². The van der Waals surface area contributed by atoms with Crippen LogP contribution in [0.25, 0.3) is 0 Å². The molecule has 0 aliphatic rings. The van der Waals surface area contributed by atoms with Crippen LogP contribution in [0.2, 0.25) is 0 Å². The summed E-state index contributed by atoms with van der Waals surface area (Å²) < 4.78 is 0.742. The summed E-state index contributed by atoms with van der Waals surface area (Å²) >= 11 is 3.28. The lowest BCUT2D eigenvalue weighted by molar-refractivity contribution is 0.279. The summed E-state index contributed by atoms with van der Waals surface area (Å²) in [6.07, 6.45) is 1.61. The number of halogens is 1. The molecule has 0 fully saturated rings. The molecule has 0 spiro atoms. The molecule has 5 heteroatoms. The number of hydroxylamine groups is 1. The minimum atomic E-state index is 0.308. The second kappa shape index (κ2) is 4.61. The molecule has 1 heterocycles. The standard InChI is InChI=1S/C9H14BrN3O/c1-6(2)12-7-4-9(10)11-5-8(7)13(3)14/h4-6,14H,1-3H3,(H,11,12). The van der Waals surface area contributed by atoms with Gasteiger partial charge in [0.25, 0.3) is 0 Å². The Kier molecular flexibility index (Phi) is 3.71. The summed E-state index contributed by atoms with van der Waals surface area (Å²) in [5.74, 6) is 0. The maximum atomic E-state index is 9.35. The minimum absolute atomic E-state index is 0.308. The highest BCUT2D eigenvalue weighted by molar-refractivity contribution is 9.10. The number of aromatic nitrogens is 1. The number of nitrogens with zero attached hydrogens (tertiary/aromatic N) is 2. The van der Waals surface area contributed by atoms with Crippen molar-refractivity contribution >= 4 is 27.3 Å². The lowest BCUT2D eigenvalue weighted by Gasteiger charge is -2.18. The third-order valence-corrected chi connectivity index (χ3v) is 2.08. The molecular weight excluding hydrogens is 246 g/mol.